The van der Waals surface area contributed by atoms with E-state index in [2.05, 4.69) is 31.2 Å². The van der Waals surface area contributed by atoms with Gasteiger partial charge in [0.1, 0.15) is 18.1 Å². The third kappa shape index (κ3) is 5.38. The Hall–Kier alpha value is -2.60. The Morgan fingerprint density at radius 3 is 2.79 bits per heavy atom. The number of allylic oxidation sites excluding steroid dienone is 4. The number of rotatable bonds is 11. The number of fused-ring (bicyclic) bond motifs is 2. The summed E-state index contributed by atoms with van der Waals surface area (Å²) in [5.74, 6) is 0.849. The zero-order valence-corrected chi connectivity index (χ0v) is 21.0. The molecule has 3 aliphatic rings. The summed E-state index contributed by atoms with van der Waals surface area (Å²) in [5, 5.41) is 0.437. The van der Waals surface area contributed by atoms with Crippen LogP contribution in [0.1, 0.15) is 68.8 Å². The quantitative estimate of drug-likeness (QED) is 0.410. The normalized spacial score (nSPS) is 21.6. The maximum Gasteiger partial charge on any atom is 0.255 e. The molecule has 3 atom stereocenters. The topological polar surface area (TPSA) is 63.7 Å². The third-order valence-electron chi connectivity index (χ3n) is 6.71. The molecule has 1 amide bonds. The van der Waals surface area contributed by atoms with Gasteiger partial charge in [0, 0.05) is 33.6 Å². The van der Waals surface area contributed by atoms with Gasteiger partial charge in [-0.15, -0.1) is 11.8 Å². The Morgan fingerprint density at radius 1 is 1.24 bits per heavy atom. The summed E-state index contributed by atoms with van der Waals surface area (Å²) in [5.41, 5.74) is 2.83. The van der Waals surface area contributed by atoms with Gasteiger partial charge in [-0.2, -0.15) is 0 Å². The molecule has 2 aliphatic heterocycles. The van der Waals surface area contributed by atoms with Crippen molar-refractivity contribution in [2.24, 2.45) is 5.92 Å². The van der Waals surface area contributed by atoms with E-state index in [4.69, 9.17) is 4.74 Å². The highest BCUT2D eigenvalue weighted by Crippen LogP contribution is 2.42. The molecule has 1 aromatic rings. The van der Waals surface area contributed by atoms with Crippen molar-refractivity contribution in [3.8, 4) is 5.75 Å². The first-order chi connectivity index (χ1) is 16.4. The lowest BCUT2D eigenvalue weighted by Crippen LogP contribution is -2.40. The molecule has 0 bridgehead atoms. The monoisotopic (exact) mass is 479 g/mol. The van der Waals surface area contributed by atoms with Gasteiger partial charge in [0.25, 0.3) is 5.91 Å². The van der Waals surface area contributed by atoms with Crippen molar-refractivity contribution in [3.63, 3.8) is 0 Å². The van der Waals surface area contributed by atoms with E-state index in [0.29, 0.717) is 42.1 Å². The zero-order valence-electron chi connectivity index (χ0n) is 20.2. The molecule has 0 saturated carbocycles. The number of ether oxygens (including phenoxy) is 1. The van der Waals surface area contributed by atoms with E-state index in [1.807, 2.05) is 23.9 Å². The minimum absolute atomic E-state index is 0.0181. The van der Waals surface area contributed by atoms with E-state index in [-0.39, 0.29) is 23.9 Å². The first-order valence-corrected chi connectivity index (χ1v) is 13.1. The molecule has 0 radical (unpaired) electrons. The van der Waals surface area contributed by atoms with Crippen molar-refractivity contribution in [3.05, 3.63) is 64.1 Å². The molecule has 0 fully saturated rings. The van der Waals surface area contributed by atoms with Gasteiger partial charge in [-0.1, -0.05) is 49.3 Å². The summed E-state index contributed by atoms with van der Waals surface area (Å²) >= 11 is 1.86. The molecular formula is C28H33NO4S. The van der Waals surface area contributed by atoms with Gasteiger partial charge in [0.15, 0.2) is 5.78 Å². The highest BCUT2D eigenvalue weighted by atomic mass is 32.2. The Kier molecular flexibility index (Phi) is 7.77. The van der Waals surface area contributed by atoms with Gasteiger partial charge in [-0.05, 0) is 45.2 Å². The maximum atomic E-state index is 13.1. The zero-order chi connectivity index (χ0) is 24.2. The first-order valence-electron chi connectivity index (χ1n) is 12.2. The molecule has 0 spiro atoms. The summed E-state index contributed by atoms with van der Waals surface area (Å²) in [7, 11) is 0. The minimum atomic E-state index is -0.589. The van der Waals surface area contributed by atoms with E-state index < -0.39 is 6.04 Å². The van der Waals surface area contributed by atoms with Crippen LogP contribution in [-0.4, -0.2) is 40.3 Å². The fourth-order valence-electron chi connectivity index (χ4n) is 4.82. The Bertz CT molecular complexity index is 1070. The van der Waals surface area contributed by atoms with Crippen LogP contribution in [0, 0.1) is 5.92 Å². The lowest BCUT2D eigenvalue weighted by atomic mass is 9.94. The summed E-state index contributed by atoms with van der Waals surface area (Å²) in [6.07, 6.45) is 13.4. The Balaban J connectivity index is 1.42. The fraction of sp³-hybridized carbons (Fsp3) is 0.464. The minimum Gasteiger partial charge on any atom is -0.488 e. The van der Waals surface area contributed by atoms with Crippen LogP contribution < -0.4 is 4.74 Å². The second kappa shape index (κ2) is 10.8. The first kappa shape index (κ1) is 24.5. The van der Waals surface area contributed by atoms with Crippen LogP contribution in [0.2, 0.25) is 0 Å². The molecule has 1 aliphatic carbocycles. The van der Waals surface area contributed by atoms with Crippen LogP contribution >= 0.6 is 11.8 Å². The molecule has 180 valence electrons. The third-order valence-corrected chi connectivity index (χ3v) is 7.99. The van der Waals surface area contributed by atoms with Crippen molar-refractivity contribution in [1.29, 1.82) is 0 Å². The van der Waals surface area contributed by atoms with E-state index in [0.717, 1.165) is 12.0 Å². The van der Waals surface area contributed by atoms with Crippen LogP contribution in [0.15, 0.2) is 53.0 Å². The molecule has 0 saturated heterocycles. The molecule has 1 aromatic carbocycles. The molecule has 2 heterocycles. The summed E-state index contributed by atoms with van der Waals surface area (Å²) in [6, 6.07) is 4.92. The molecule has 34 heavy (non-hydrogen) atoms. The summed E-state index contributed by atoms with van der Waals surface area (Å²) < 4.78 is 6.21. The average molecular weight is 480 g/mol. The van der Waals surface area contributed by atoms with Crippen molar-refractivity contribution < 1.29 is 19.1 Å². The summed E-state index contributed by atoms with van der Waals surface area (Å²) in [6.45, 7) is 6.01. The highest BCUT2D eigenvalue weighted by Gasteiger charge is 2.36. The van der Waals surface area contributed by atoms with Gasteiger partial charge in [-0.25, -0.2) is 0 Å². The Morgan fingerprint density at radius 2 is 2.06 bits per heavy atom. The number of hydrogen-bond donors (Lipinski definition) is 0. The average Bonchev–Trinajstić information content (AvgIpc) is 3.37. The lowest BCUT2D eigenvalue weighted by Gasteiger charge is -2.25. The van der Waals surface area contributed by atoms with Gasteiger partial charge < -0.3 is 14.4 Å². The predicted molar refractivity (Wildman–Crippen MR) is 136 cm³/mol. The molecule has 6 heteroatoms. The standard InChI is InChI=1S/C28H33NO4S/c1-4-5-7-20-11-12-21-15-22(34-27(21)14-20)17-33-26-9-6-8-23-24(26)16-29(28(23)32)25(19(3)31)13-10-18(2)30/h6,8-9,11-12,14-15,21,25,27H,4-5,7,10,13,16-17H2,1-3H3. The number of unbranched alkanes of at least 4 members (excludes halogenated alkanes) is 1. The van der Waals surface area contributed by atoms with Crippen LogP contribution in [0.25, 0.3) is 0 Å². The maximum absolute atomic E-state index is 13.1. The molecule has 3 unspecified atom stereocenters. The van der Waals surface area contributed by atoms with E-state index in [1.54, 1.807) is 11.0 Å². The number of nitrogens with zero attached hydrogens (tertiary/aromatic N) is 1. The second-order valence-corrected chi connectivity index (χ2v) is 10.7. The summed E-state index contributed by atoms with van der Waals surface area (Å²) in [4.78, 5) is 39.6. The molecule has 0 N–H and O–H groups in total. The smallest absolute Gasteiger partial charge is 0.255 e. The number of amides is 1. The highest BCUT2D eigenvalue weighted by molar-refractivity contribution is 8.04. The van der Waals surface area contributed by atoms with E-state index in [1.165, 1.54) is 37.2 Å². The number of hydrogen-bond acceptors (Lipinski definition) is 5. The van der Waals surface area contributed by atoms with E-state index >= 15 is 0 Å². The Labute approximate surface area is 206 Å². The largest absolute Gasteiger partial charge is 0.488 e. The number of benzene rings is 1. The number of carbonyl (C=O) groups is 3. The van der Waals surface area contributed by atoms with Gasteiger partial charge in [-0.3, -0.25) is 9.59 Å². The van der Waals surface area contributed by atoms with E-state index in [9.17, 15) is 14.4 Å². The van der Waals surface area contributed by atoms with Gasteiger partial charge in [0.05, 0.1) is 12.6 Å². The predicted octanol–water partition coefficient (Wildman–Crippen LogP) is 5.65. The molecule has 5 nitrogen and oxygen atoms in total. The van der Waals surface area contributed by atoms with Crippen molar-refractivity contribution in [1.82, 2.24) is 4.90 Å². The fourth-order valence-corrected chi connectivity index (χ4v) is 6.11. The SMILES string of the molecule is CCCCC1=CC2SC(COc3cccc4c3CN(C(CCC(C)=O)C(C)=O)C4=O)=CC2C=C1. The van der Waals surface area contributed by atoms with Crippen molar-refractivity contribution in [2.75, 3.05) is 6.61 Å². The lowest BCUT2D eigenvalue weighted by molar-refractivity contribution is -0.122. The van der Waals surface area contributed by atoms with Crippen LogP contribution in [0.5, 0.6) is 5.75 Å². The number of carbonyl (C=O) groups excluding carboxylic acids is 3. The van der Waals surface area contributed by atoms with Gasteiger partial charge in [0.2, 0.25) is 0 Å². The van der Waals surface area contributed by atoms with Crippen LogP contribution in [-0.2, 0) is 16.1 Å². The number of ketones is 2. The second-order valence-electron chi connectivity index (χ2n) is 9.37. The molecule has 4 rings (SSSR count). The van der Waals surface area contributed by atoms with Gasteiger partial charge >= 0.3 is 0 Å². The van der Waals surface area contributed by atoms with Crippen molar-refractivity contribution in [2.45, 2.75) is 70.7 Å². The van der Waals surface area contributed by atoms with Crippen molar-refractivity contribution >= 4 is 29.2 Å². The van der Waals surface area contributed by atoms with Crippen LogP contribution in [0.3, 0.4) is 0 Å². The van der Waals surface area contributed by atoms with Crippen LogP contribution in [0.4, 0.5) is 0 Å². The molecular weight excluding hydrogens is 446 g/mol. The number of thioether (sulfide) groups is 1. The molecule has 0 aromatic heterocycles. The number of Topliss-reactive ketones (excluding diaryl/α,β-unsaturated/α-hetero) is 2.